The third-order valence-corrected chi connectivity index (χ3v) is 5.52. The molecule has 0 saturated carbocycles. The number of hydrogen-bond acceptors (Lipinski definition) is 4. The van der Waals surface area contributed by atoms with Gasteiger partial charge in [0.15, 0.2) is 5.01 Å². The maximum Gasteiger partial charge on any atom is 0.280 e. The molecule has 98 valence electrons. The molecule has 1 amide bonds. The number of hydrogen-bond donors (Lipinski definition) is 1. The van der Waals surface area contributed by atoms with Crippen LogP contribution in [0.3, 0.4) is 0 Å². The molecule has 1 aromatic heterocycles. The van der Waals surface area contributed by atoms with Crippen molar-refractivity contribution in [2.45, 2.75) is 31.8 Å². The van der Waals surface area contributed by atoms with Crippen LogP contribution in [0.15, 0.2) is 9.98 Å². The zero-order valence-corrected chi connectivity index (χ0v) is 12.6. The number of thiazole rings is 1. The molecule has 3 aliphatic rings. The molecule has 4 nitrogen and oxygen atoms in total. The molecule has 6 heteroatoms. The van der Waals surface area contributed by atoms with Crippen LogP contribution in [-0.2, 0) is 0 Å². The van der Waals surface area contributed by atoms with Crippen LogP contribution in [0.2, 0.25) is 0 Å². The second-order valence-electron chi connectivity index (χ2n) is 5.18. The van der Waals surface area contributed by atoms with Gasteiger partial charge in [-0.1, -0.05) is 0 Å². The summed E-state index contributed by atoms with van der Waals surface area (Å²) in [7, 11) is 0. The number of halogens is 1. The lowest BCUT2D eigenvalue weighted by Crippen LogP contribution is -2.60. The molecule has 0 spiro atoms. The molecule has 4 rings (SSSR count). The highest BCUT2D eigenvalue weighted by Gasteiger charge is 2.38. The normalized spacial score (nSPS) is 34.6. The summed E-state index contributed by atoms with van der Waals surface area (Å²) in [6, 6.07) is 0.969. The quantitative estimate of drug-likeness (QED) is 0.903. The Hall–Kier alpha value is -0.460. The number of carbonyl (C=O) groups excluding carboxylic acids is 1. The lowest BCUT2D eigenvalue weighted by atomic mass is 9.80. The third kappa shape index (κ3) is 2.33. The molecule has 1 unspecified atom stereocenters. The summed E-state index contributed by atoms with van der Waals surface area (Å²) in [5, 5.41) is 3.69. The molecule has 1 aromatic rings. The maximum absolute atomic E-state index is 12.1. The molecule has 18 heavy (non-hydrogen) atoms. The van der Waals surface area contributed by atoms with Gasteiger partial charge in [-0.25, -0.2) is 4.98 Å². The maximum atomic E-state index is 12.1. The van der Waals surface area contributed by atoms with Crippen molar-refractivity contribution in [2.24, 2.45) is 5.92 Å². The number of carbonyl (C=O) groups is 1. The van der Waals surface area contributed by atoms with Crippen LogP contribution < -0.4 is 5.32 Å². The van der Waals surface area contributed by atoms with Crippen LogP contribution in [0.5, 0.6) is 0 Å². The standard InChI is InChI=1S/C12H16BrN3OS/c1-7-4-8-2-3-16(7)6-9(8)15-11(17)12-14-5-10(13)18-12/h5,7-9H,2-4,6H2,1H3,(H,15,17)/t7-,8-,9+/m1/s1. The van der Waals surface area contributed by atoms with Crippen LogP contribution in [-0.4, -0.2) is 41.0 Å². The minimum atomic E-state index is -0.0305. The first kappa shape index (κ1) is 12.6. The Labute approximate surface area is 119 Å². The van der Waals surface area contributed by atoms with Crippen molar-refractivity contribution in [1.82, 2.24) is 15.2 Å². The van der Waals surface area contributed by atoms with Crippen molar-refractivity contribution in [3.8, 4) is 0 Å². The Morgan fingerprint density at radius 3 is 3.06 bits per heavy atom. The average Bonchev–Trinajstić information content (AvgIpc) is 2.77. The van der Waals surface area contributed by atoms with E-state index in [2.05, 4.69) is 38.1 Å². The van der Waals surface area contributed by atoms with E-state index < -0.39 is 0 Å². The van der Waals surface area contributed by atoms with Crippen molar-refractivity contribution in [2.75, 3.05) is 13.1 Å². The largest absolute Gasteiger partial charge is 0.346 e. The molecule has 4 atom stereocenters. The molecule has 3 aliphatic heterocycles. The fourth-order valence-electron chi connectivity index (χ4n) is 3.05. The highest BCUT2D eigenvalue weighted by molar-refractivity contribution is 9.11. The monoisotopic (exact) mass is 329 g/mol. The first-order valence-electron chi connectivity index (χ1n) is 6.29. The zero-order chi connectivity index (χ0) is 12.7. The first-order chi connectivity index (χ1) is 8.63. The van der Waals surface area contributed by atoms with Gasteiger partial charge in [0, 0.05) is 18.6 Å². The van der Waals surface area contributed by atoms with Gasteiger partial charge >= 0.3 is 0 Å². The fourth-order valence-corrected chi connectivity index (χ4v) is 4.16. The molecule has 0 aliphatic carbocycles. The lowest BCUT2D eigenvalue weighted by molar-refractivity contribution is 0.0274. The second-order valence-corrected chi connectivity index (χ2v) is 7.59. The topological polar surface area (TPSA) is 45.2 Å². The second kappa shape index (κ2) is 4.90. The molecule has 1 N–H and O–H groups in total. The zero-order valence-electron chi connectivity index (χ0n) is 10.2. The van der Waals surface area contributed by atoms with Gasteiger partial charge in [-0.05, 0) is 48.2 Å². The van der Waals surface area contributed by atoms with Crippen molar-refractivity contribution in [1.29, 1.82) is 0 Å². The number of nitrogens with one attached hydrogen (secondary N) is 1. The summed E-state index contributed by atoms with van der Waals surface area (Å²) in [6.07, 6.45) is 4.08. The lowest BCUT2D eigenvalue weighted by Gasteiger charge is -2.48. The molecule has 2 bridgehead atoms. The summed E-state index contributed by atoms with van der Waals surface area (Å²) in [6.45, 7) is 4.45. The van der Waals surface area contributed by atoms with E-state index in [1.54, 1.807) is 6.20 Å². The minimum absolute atomic E-state index is 0.0305. The summed E-state index contributed by atoms with van der Waals surface area (Å²) in [5.74, 6) is 0.606. The average molecular weight is 330 g/mol. The molecule has 0 radical (unpaired) electrons. The van der Waals surface area contributed by atoms with E-state index in [-0.39, 0.29) is 5.91 Å². The predicted molar refractivity (Wildman–Crippen MR) is 74.8 cm³/mol. The van der Waals surface area contributed by atoms with Gasteiger partial charge in [-0.2, -0.15) is 0 Å². The van der Waals surface area contributed by atoms with Crippen LogP contribution in [0, 0.1) is 5.92 Å². The number of fused-ring (bicyclic) bond motifs is 3. The smallest absolute Gasteiger partial charge is 0.280 e. The van der Waals surface area contributed by atoms with Crippen molar-refractivity contribution >= 4 is 33.2 Å². The number of piperidine rings is 3. The number of nitrogens with zero attached hydrogens (tertiary/aromatic N) is 2. The van der Waals surface area contributed by atoms with Crippen LogP contribution >= 0.6 is 27.3 Å². The van der Waals surface area contributed by atoms with Gasteiger partial charge in [0.25, 0.3) is 5.91 Å². The predicted octanol–water partition coefficient (Wildman–Crippen LogP) is 2.12. The van der Waals surface area contributed by atoms with Gasteiger partial charge in [0.05, 0.1) is 9.98 Å². The number of rotatable bonds is 2. The third-order valence-electron chi connectivity index (χ3n) is 4.04. The van der Waals surface area contributed by atoms with Gasteiger partial charge < -0.3 is 5.32 Å². The van der Waals surface area contributed by atoms with E-state index >= 15 is 0 Å². The van der Waals surface area contributed by atoms with Gasteiger partial charge in [-0.15, -0.1) is 11.3 Å². The molecule has 4 heterocycles. The van der Waals surface area contributed by atoms with E-state index in [4.69, 9.17) is 0 Å². The van der Waals surface area contributed by atoms with E-state index in [9.17, 15) is 4.79 Å². The van der Waals surface area contributed by atoms with Crippen molar-refractivity contribution in [3.05, 3.63) is 15.0 Å². The molecule has 3 fully saturated rings. The van der Waals surface area contributed by atoms with Crippen LogP contribution in [0.1, 0.15) is 29.6 Å². The molecular weight excluding hydrogens is 314 g/mol. The molecular formula is C12H16BrN3OS. The Bertz CT molecular complexity index is 464. The summed E-state index contributed by atoms with van der Waals surface area (Å²) in [4.78, 5) is 18.7. The Kier molecular flexibility index (Phi) is 3.42. The van der Waals surface area contributed by atoms with Crippen molar-refractivity contribution in [3.63, 3.8) is 0 Å². The van der Waals surface area contributed by atoms with E-state index in [1.807, 2.05) is 0 Å². The Morgan fingerprint density at radius 1 is 1.67 bits per heavy atom. The van der Waals surface area contributed by atoms with E-state index in [0.717, 1.165) is 10.3 Å². The van der Waals surface area contributed by atoms with Crippen molar-refractivity contribution < 1.29 is 4.79 Å². The van der Waals surface area contributed by atoms with E-state index in [0.29, 0.717) is 23.0 Å². The number of amides is 1. The highest BCUT2D eigenvalue weighted by atomic mass is 79.9. The van der Waals surface area contributed by atoms with Gasteiger partial charge in [0.2, 0.25) is 0 Å². The van der Waals surface area contributed by atoms with Crippen LogP contribution in [0.4, 0.5) is 0 Å². The minimum Gasteiger partial charge on any atom is -0.346 e. The Balaban J connectivity index is 1.65. The summed E-state index contributed by atoms with van der Waals surface area (Å²) >= 11 is 4.72. The van der Waals surface area contributed by atoms with E-state index in [1.165, 1.54) is 30.7 Å². The molecule has 3 saturated heterocycles. The van der Waals surface area contributed by atoms with Gasteiger partial charge in [-0.3, -0.25) is 9.69 Å². The highest BCUT2D eigenvalue weighted by Crippen LogP contribution is 2.32. The Morgan fingerprint density at radius 2 is 2.50 bits per heavy atom. The van der Waals surface area contributed by atoms with Crippen LogP contribution in [0.25, 0.3) is 0 Å². The molecule has 0 aromatic carbocycles. The fraction of sp³-hybridized carbons (Fsp3) is 0.667. The summed E-state index contributed by atoms with van der Waals surface area (Å²) < 4.78 is 0.898. The first-order valence-corrected chi connectivity index (χ1v) is 7.90. The van der Waals surface area contributed by atoms with Gasteiger partial charge in [0.1, 0.15) is 0 Å². The number of aromatic nitrogens is 1. The SMILES string of the molecule is C[C@@H]1C[C@H]2CCN1C[C@@H]2NC(=O)c1ncc(Br)s1. The summed E-state index contributed by atoms with van der Waals surface area (Å²) in [5.41, 5.74) is 0.